The van der Waals surface area contributed by atoms with E-state index in [2.05, 4.69) is 15.6 Å². The van der Waals surface area contributed by atoms with E-state index in [0.717, 1.165) is 24.0 Å². The largest absolute Gasteiger partial charge is 0.354 e. The van der Waals surface area contributed by atoms with E-state index < -0.39 is 5.54 Å². The number of nitrogens with zero attached hydrogens (tertiary/aromatic N) is 1. The average Bonchev–Trinajstić information content (AvgIpc) is 3.12. The van der Waals surface area contributed by atoms with E-state index in [0.29, 0.717) is 24.9 Å². The van der Waals surface area contributed by atoms with Crippen molar-refractivity contribution < 1.29 is 9.59 Å². The Morgan fingerprint density at radius 1 is 1.08 bits per heavy atom. The zero-order valence-electron chi connectivity index (χ0n) is 15.3. The minimum Gasteiger partial charge on any atom is -0.354 e. The maximum Gasteiger partial charge on any atom is 0.253 e. The van der Waals surface area contributed by atoms with Gasteiger partial charge in [-0.1, -0.05) is 42.7 Å². The monoisotopic (exact) mass is 351 g/mol. The molecule has 26 heavy (non-hydrogen) atoms. The Bertz CT molecular complexity index is 793. The lowest BCUT2D eigenvalue weighted by atomic mass is 9.95. The first-order valence-electron chi connectivity index (χ1n) is 9.17. The van der Waals surface area contributed by atoms with Gasteiger partial charge in [0.1, 0.15) is 5.54 Å². The van der Waals surface area contributed by atoms with Crippen molar-refractivity contribution in [2.45, 2.75) is 45.1 Å². The summed E-state index contributed by atoms with van der Waals surface area (Å²) in [5.74, 6) is -0.340. The number of carbonyl (C=O) groups excluding carboxylic acids is 2. The van der Waals surface area contributed by atoms with Crippen LogP contribution in [-0.4, -0.2) is 28.9 Å². The fourth-order valence-corrected chi connectivity index (χ4v) is 3.47. The van der Waals surface area contributed by atoms with Gasteiger partial charge in [-0.2, -0.15) is 0 Å². The number of aryl methyl sites for hydroxylation is 1. The van der Waals surface area contributed by atoms with Gasteiger partial charge < -0.3 is 10.6 Å². The number of aromatic nitrogens is 1. The van der Waals surface area contributed by atoms with E-state index in [4.69, 9.17) is 0 Å². The molecule has 136 valence electrons. The second-order valence-electron chi connectivity index (χ2n) is 6.93. The molecule has 0 unspecified atom stereocenters. The van der Waals surface area contributed by atoms with Crippen LogP contribution in [0.1, 0.15) is 48.5 Å². The molecule has 0 bridgehead atoms. The number of hydrogen-bond donors (Lipinski definition) is 2. The summed E-state index contributed by atoms with van der Waals surface area (Å²) in [6, 6.07) is 9.92. The van der Waals surface area contributed by atoms with E-state index in [9.17, 15) is 9.59 Å². The fraction of sp³-hybridized carbons (Fsp3) is 0.381. The molecule has 0 aliphatic heterocycles. The molecule has 1 aliphatic carbocycles. The number of likely N-dealkylation sites (N-methyl/N-ethyl adjacent to an activating group) is 1. The number of rotatable bonds is 5. The average molecular weight is 351 g/mol. The van der Waals surface area contributed by atoms with Gasteiger partial charge in [0.2, 0.25) is 5.91 Å². The molecule has 2 amide bonds. The third kappa shape index (κ3) is 3.77. The molecule has 1 fully saturated rings. The van der Waals surface area contributed by atoms with Gasteiger partial charge in [0, 0.05) is 24.5 Å². The zero-order valence-corrected chi connectivity index (χ0v) is 15.3. The lowest BCUT2D eigenvalue weighted by molar-refractivity contribution is -0.127. The number of nitrogens with one attached hydrogen (secondary N) is 2. The van der Waals surface area contributed by atoms with Gasteiger partial charge in [-0.25, -0.2) is 0 Å². The van der Waals surface area contributed by atoms with Gasteiger partial charge in [-0.15, -0.1) is 0 Å². The summed E-state index contributed by atoms with van der Waals surface area (Å²) in [6.45, 7) is 4.48. The summed E-state index contributed by atoms with van der Waals surface area (Å²) in [7, 11) is 0. The van der Waals surface area contributed by atoms with Gasteiger partial charge in [0.05, 0.1) is 5.56 Å². The van der Waals surface area contributed by atoms with Crippen LogP contribution >= 0.6 is 0 Å². The third-order valence-corrected chi connectivity index (χ3v) is 4.97. The van der Waals surface area contributed by atoms with Crippen LogP contribution in [0.2, 0.25) is 0 Å². The molecule has 5 nitrogen and oxygen atoms in total. The van der Waals surface area contributed by atoms with E-state index in [1.807, 2.05) is 44.2 Å². The first-order chi connectivity index (χ1) is 12.5. The maximum absolute atomic E-state index is 12.8. The van der Waals surface area contributed by atoms with E-state index >= 15 is 0 Å². The number of amides is 2. The summed E-state index contributed by atoms with van der Waals surface area (Å²) in [5, 5.41) is 5.85. The van der Waals surface area contributed by atoms with E-state index in [1.165, 1.54) is 5.56 Å². The van der Waals surface area contributed by atoms with Gasteiger partial charge in [-0.3, -0.25) is 14.6 Å². The highest BCUT2D eigenvalue weighted by Crippen LogP contribution is 2.30. The third-order valence-electron chi connectivity index (χ3n) is 4.97. The molecule has 2 N–H and O–H groups in total. The highest BCUT2D eigenvalue weighted by molar-refractivity contribution is 5.99. The Hall–Kier alpha value is -2.69. The number of benzene rings is 1. The number of pyridine rings is 1. The summed E-state index contributed by atoms with van der Waals surface area (Å²) < 4.78 is 0. The lowest BCUT2D eigenvalue weighted by Crippen LogP contribution is -2.57. The van der Waals surface area contributed by atoms with Crippen molar-refractivity contribution in [3.05, 3.63) is 53.9 Å². The quantitative estimate of drug-likeness (QED) is 0.869. The molecule has 1 aromatic heterocycles. The van der Waals surface area contributed by atoms with Crippen LogP contribution < -0.4 is 10.6 Å². The van der Waals surface area contributed by atoms with Crippen molar-refractivity contribution in [2.75, 3.05) is 6.54 Å². The zero-order chi connectivity index (χ0) is 18.6. The van der Waals surface area contributed by atoms with Gasteiger partial charge in [0.15, 0.2) is 0 Å². The van der Waals surface area contributed by atoms with Gasteiger partial charge in [-0.05, 0) is 38.3 Å². The first-order valence-corrected chi connectivity index (χ1v) is 9.17. The number of carbonyl (C=O) groups is 2. The molecule has 0 radical (unpaired) electrons. The summed E-state index contributed by atoms with van der Waals surface area (Å²) in [6.07, 6.45) is 6.54. The Morgan fingerprint density at radius 3 is 2.42 bits per heavy atom. The molecule has 5 heteroatoms. The second-order valence-corrected chi connectivity index (χ2v) is 6.93. The second kappa shape index (κ2) is 7.68. The van der Waals surface area contributed by atoms with Crippen LogP contribution in [0.5, 0.6) is 0 Å². The van der Waals surface area contributed by atoms with Crippen LogP contribution in [0.15, 0.2) is 42.7 Å². The molecule has 3 rings (SSSR count). The molecule has 2 aromatic rings. The van der Waals surface area contributed by atoms with Crippen molar-refractivity contribution in [3.63, 3.8) is 0 Å². The van der Waals surface area contributed by atoms with Gasteiger partial charge >= 0.3 is 0 Å². The van der Waals surface area contributed by atoms with Crippen LogP contribution in [0.25, 0.3) is 11.1 Å². The topological polar surface area (TPSA) is 71.1 Å². The maximum atomic E-state index is 12.8. The van der Waals surface area contributed by atoms with Crippen LogP contribution in [0, 0.1) is 6.92 Å². The molecular weight excluding hydrogens is 326 g/mol. The predicted molar refractivity (Wildman–Crippen MR) is 102 cm³/mol. The van der Waals surface area contributed by atoms with Crippen molar-refractivity contribution in [2.24, 2.45) is 0 Å². The molecule has 1 heterocycles. The van der Waals surface area contributed by atoms with Crippen molar-refractivity contribution in [1.82, 2.24) is 15.6 Å². The summed E-state index contributed by atoms with van der Waals surface area (Å²) in [4.78, 5) is 29.6. The fourth-order valence-electron chi connectivity index (χ4n) is 3.47. The summed E-state index contributed by atoms with van der Waals surface area (Å²) >= 11 is 0. The minimum absolute atomic E-state index is 0.0894. The Kier molecular flexibility index (Phi) is 5.35. The summed E-state index contributed by atoms with van der Waals surface area (Å²) in [5.41, 5.74) is 2.75. The van der Waals surface area contributed by atoms with E-state index in [1.54, 1.807) is 12.4 Å². The van der Waals surface area contributed by atoms with Crippen LogP contribution in [0.3, 0.4) is 0 Å². The normalized spacial score (nSPS) is 15.5. The standard InChI is InChI=1S/C21H25N3O2/c1-3-23-20(26)21(10-4-5-11-21)24-19(25)18-12-17(13-22-14-18)16-8-6-15(2)7-9-16/h6-9,12-14H,3-5,10-11H2,1-2H3,(H,23,26)(H,24,25). The predicted octanol–water partition coefficient (Wildman–Crippen LogP) is 3.24. The lowest BCUT2D eigenvalue weighted by Gasteiger charge is -2.28. The van der Waals surface area contributed by atoms with Gasteiger partial charge in [0.25, 0.3) is 5.91 Å². The molecule has 1 aromatic carbocycles. The Labute approximate surface area is 154 Å². The Balaban J connectivity index is 1.82. The molecular formula is C21H25N3O2. The Morgan fingerprint density at radius 2 is 1.77 bits per heavy atom. The molecule has 1 saturated carbocycles. The van der Waals surface area contributed by atoms with Crippen molar-refractivity contribution in [1.29, 1.82) is 0 Å². The van der Waals surface area contributed by atoms with Crippen LogP contribution in [0.4, 0.5) is 0 Å². The van der Waals surface area contributed by atoms with Crippen molar-refractivity contribution >= 4 is 11.8 Å². The highest BCUT2D eigenvalue weighted by atomic mass is 16.2. The minimum atomic E-state index is -0.799. The smallest absolute Gasteiger partial charge is 0.253 e. The SMILES string of the molecule is CCNC(=O)C1(NC(=O)c2cncc(-c3ccc(C)cc3)c2)CCCC1. The first kappa shape index (κ1) is 18.1. The number of hydrogen-bond acceptors (Lipinski definition) is 3. The molecule has 0 atom stereocenters. The molecule has 0 spiro atoms. The van der Waals surface area contributed by atoms with Crippen molar-refractivity contribution in [3.8, 4) is 11.1 Å². The van der Waals surface area contributed by atoms with Crippen LogP contribution in [-0.2, 0) is 4.79 Å². The molecule has 0 saturated heterocycles. The molecule has 1 aliphatic rings. The van der Waals surface area contributed by atoms with E-state index in [-0.39, 0.29) is 11.8 Å². The highest BCUT2D eigenvalue weighted by Gasteiger charge is 2.42.